The molecular formula is C27H29N3O4S. The van der Waals surface area contributed by atoms with E-state index in [2.05, 4.69) is 4.98 Å². The predicted molar refractivity (Wildman–Crippen MR) is 137 cm³/mol. The summed E-state index contributed by atoms with van der Waals surface area (Å²) in [6, 6.07) is 16.2. The molecule has 0 radical (unpaired) electrons. The van der Waals surface area contributed by atoms with Gasteiger partial charge < -0.3 is 19.6 Å². The van der Waals surface area contributed by atoms with Gasteiger partial charge in [0.25, 0.3) is 5.91 Å². The first kappa shape index (κ1) is 24.6. The topological polar surface area (TPSA) is 83.0 Å². The van der Waals surface area contributed by atoms with E-state index in [1.807, 2.05) is 67.5 Å². The standard InChI is InChI=1S/C27H29N3O4S/c1-17-25(35-26(28-17)18-11-6-5-7-12-18)23(31)21-22(19-13-8-9-14-20(19)34-4)30(27(33)24(21)32)16-10-15-29(2)3/h5-9,11-14,22,32H,10,15-16H2,1-4H3. The van der Waals surface area contributed by atoms with Gasteiger partial charge in [0.1, 0.15) is 10.8 Å². The number of rotatable bonds is 9. The summed E-state index contributed by atoms with van der Waals surface area (Å²) in [6.45, 7) is 2.93. The molecule has 4 rings (SSSR count). The smallest absolute Gasteiger partial charge is 0.290 e. The van der Waals surface area contributed by atoms with E-state index in [4.69, 9.17) is 4.74 Å². The molecule has 3 aromatic rings. The van der Waals surface area contributed by atoms with E-state index in [9.17, 15) is 14.7 Å². The number of aryl methyl sites for hydroxylation is 1. The first-order chi connectivity index (χ1) is 16.8. The second-order valence-corrected chi connectivity index (χ2v) is 9.69. The zero-order valence-electron chi connectivity index (χ0n) is 20.3. The number of carbonyl (C=O) groups excluding carboxylic acids is 2. The summed E-state index contributed by atoms with van der Waals surface area (Å²) in [7, 11) is 5.48. The van der Waals surface area contributed by atoms with Gasteiger partial charge in [-0.1, -0.05) is 48.5 Å². The Kier molecular flexibility index (Phi) is 7.33. The minimum Gasteiger partial charge on any atom is -0.503 e. The lowest BCUT2D eigenvalue weighted by Crippen LogP contribution is -2.33. The van der Waals surface area contributed by atoms with Gasteiger partial charge in [-0.15, -0.1) is 11.3 Å². The number of methoxy groups -OCH3 is 1. The Balaban J connectivity index is 1.77. The highest BCUT2D eigenvalue weighted by Gasteiger charge is 2.45. The molecule has 0 fully saturated rings. The number of aliphatic hydroxyl groups is 1. The maximum Gasteiger partial charge on any atom is 0.290 e. The molecule has 35 heavy (non-hydrogen) atoms. The average Bonchev–Trinajstić information content (AvgIpc) is 3.37. The van der Waals surface area contributed by atoms with Gasteiger partial charge in [-0.05, 0) is 40.1 Å². The molecule has 0 saturated heterocycles. The van der Waals surface area contributed by atoms with Gasteiger partial charge in [0.2, 0.25) is 5.78 Å². The Morgan fingerprint density at radius 1 is 1.14 bits per heavy atom. The molecule has 182 valence electrons. The van der Waals surface area contributed by atoms with Crippen LogP contribution in [0, 0.1) is 6.92 Å². The molecule has 1 amide bonds. The molecule has 1 aliphatic heterocycles. The summed E-state index contributed by atoms with van der Waals surface area (Å²) >= 11 is 1.27. The van der Waals surface area contributed by atoms with Crippen molar-refractivity contribution < 1.29 is 19.4 Å². The minimum atomic E-state index is -0.755. The third-order valence-electron chi connectivity index (χ3n) is 6.01. The first-order valence-corrected chi connectivity index (χ1v) is 12.2. The fourth-order valence-electron chi connectivity index (χ4n) is 4.32. The Bertz CT molecular complexity index is 1270. The number of hydrogen-bond acceptors (Lipinski definition) is 7. The molecule has 0 aliphatic carbocycles. The van der Waals surface area contributed by atoms with Gasteiger partial charge in [0.15, 0.2) is 5.76 Å². The summed E-state index contributed by atoms with van der Waals surface area (Å²) in [5.74, 6) is -0.897. The summed E-state index contributed by atoms with van der Waals surface area (Å²) < 4.78 is 5.57. The monoisotopic (exact) mass is 491 g/mol. The van der Waals surface area contributed by atoms with Crippen molar-refractivity contribution in [2.24, 2.45) is 0 Å². The van der Waals surface area contributed by atoms with Gasteiger partial charge in [0, 0.05) is 17.7 Å². The number of Topliss-reactive ketones (excluding diaryl/α,β-unsaturated/α-hetero) is 1. The Morgan fingerprint density at radius 3 is 2.51 bits per heavy atom. The van der Waals surface area contributed by atoms with Gasteiger partial charge in [-0.25, -0.2) is 4.98 Å². The normalized spacial score (nSPS) is 15.9. The molecular weight excluding hydrogens is 462 g/mol. The molecule has 0 bridgehead atoms. The fourth-order valence-corrected chi connectivity index (χ4v) is 5.35. The zero-order valence-corrected chi connectivity index (χ0v) is 21.1. The molecule has 1 unspecified atom stereocenters. The number of nitrogens with zero attached hydrogens (tertiary/aromatic N) is 3. The van der Waals surface area contributed by atoms with Gasteiger partial charge >= 0.3 is 0 Å². The molecule has 8 heteroatoms. The average molecular weight is 492 g/mol. The summed E-state index contributed by atoms with van der Waals surface area (Å²) in [5, 5.41) is 11.7. The van der Waals surface area contributed by atoms with Crippen molar-refractivity contribution in [2.45, 2.75) is 19.4 Å². The van der Waals surface area contributed by atoms with E-state index in [-0.39, 0.29) is 11.4 Å². The van der Waals surface area contributed by atoms with Crippen molar-refractivity contribution >= 4 is 23.0 Å². The van der Waals surface area contributed by atoms with Crippen LogP contribution in [0.3, 0.4) is 0 Å². The van der Waals surface area contributed by atoms with Gasteiger partial charge in [-0.2, -0.15) is 0 Å². The second-order valence-electron chi connectivity index (χ2n) is 8.69. The summed E-state index contributed by atoms with van der Waals surface area (Å²) in [4.78, 5) is 35.7. The van der Waals surface area contributed by atoms with Crippen LogP contribution in [0.2, 0.25) is 0 Å². The zero-order chi connectivity index (χ0) is 25.1. The van der Waals surface area contributed by atoms with E-state index in [1.54, 1.807) is 25.0 Å². The fraction of sp³-hybridized carbons (Fsp3) is 0.296. The SMILES string of the molecule is COc1ccccc1C1C(C(=O)c2sc(-c3ccccc3)nc2C)=C(O)C(=O)N1CCCN(C)C. The highest BCUT2D eigenvalue weighted by molar-refractivity contribution is 7.17. The lowest BCUT2D eigenvalue weighted by Gasteiger charge is -2.28. The van der Waals surface area contributed by atoms with Crippen LogP contribution in [0.4, 0.5) is 0 Å². The van der Waals surface area contributed by atoms with Crippen molar-refractivity contribution in [3.05, 3.63) is 82.1 Å². The van der Waals surface area contributed by atoms with Crippen LogP contribution in [-0.4, -0.2) is 65.9 Å². The molecule has 0 saturated carbocycles. The number of benzene rings is 2. The lowest BCUT2D eigenvalue weighted by atomic mass is 9.94. The maximum absolute atomic E-state index is 13.9. The van der Waals surface area contributed by atoms with E-state index < -0.39 is 17.7 Å². The molecule has 7 nitrogen and oxygen atoms in total. The number of ether oxygens (including phenoxy) is 1. The minimum absolute atomic E-state index is 0.0655. The lowest BCUT2D eigenvalue weighted by molar-refractivity contribution is -0.129. The predicted octanol–water partition coefficient (Wildman–Crippen LogP) is 4.66. The van der Waals surface area contributed by atoms with Crippen LogP contribution in [0.5, 0.6) is 5.75 Å². The van der Waals surface area contributed by atoms with Crippen molar-refractivity contribution in [1.29, 1.82) is 0 Å². The second kappa shape index (κ2) is 10.4. The molecule has 1 atom stereocenters. The molecule has 1 N–H and O–H groups in total. The van der Waals surface area contributed by atoms with Gasteiger partial charge in [-0.3, -0.25) is 9.59 Å². The van der Waals surface area contributed by atoms with Gasteiger partial charge in [0.05, 0.1) is 29.3 Å². The Hall–Kier alpha value is -3.49. The number of aromatic nitrogens is 1. The van der Waals surface area contributed by atoms with E-state index in [1.165, 1.54) is 11.3 Å². The largest absolute Gasteiger partial charge is 0.503 e. The number of para-hydroxylation sites is 1. The molecule has 1 aliphatic rings. The first-order valence-electron chi connectivity index (χ1n) is 11.4. The number of ketones is 1. The number of hydrogen-bond donors (Lipinski definition) is 1. The van der Waals surface area contributed by atoms with Crippen molar-refractivity contribution in [1.82, 2.24) is 14.8 Å². The molecule has 2 aromatic carbocycles. The molecule has 0 spiro atoms. The highest BCUT2D eigenvalue weighted by atomic mass is 32.1. The number of amides is 1. The molecule has 2 heterocycles. The van der Waals surface area contributed by atoms with Crippen molar-refractivity contribution in [2.75, 3.05) is 34.3 Å². The molecule has 1 aromatic heterocycles. The van der Waals surface area contributed by atoms with E-state index in [0.717, 1.165) is 12.1 Å². The van der Waals surface area contributed by atoms with Crippen LogP contribution in [-0.2, 0) is 4.79 Å². The van der Waals surface area contributed by atoms with Crippen LogP contribution >= 0.6 is 11.3 Å². The summed E-state index contributed by atoms with van der Waals surface area (Å²) in [5.41, 5.74) is 2.20. The van der Waals surface area contributed by atoms with Crippen molar-refractivity contribution in [3.8, 4) is 16.3 Å². The third-order valence-corrected chi connectivity index (χ3v) is 7.21. The van der Waals surface area contributed by atoms with E-state index >= 15 is 0 Å². The van der Waals surface area contributed by atoms with Crippen LogP contribution in [0.15, 0.2) is 65.9 Å². The quantitative estimate of drug-likeness (QED) is 0.439. The third kappa shape index (κ3) is 4.85. The highest BCUT2D eigenvalue weighted by Crippen LogP contribution is 2.43. The number of carbonyl (C=O) groups is 2. The van der Waals surface area contributed by atoms with Crippen LogP contribution in [0.1, 0.15) is 33.4 Å². The van der Waals surface area contributed by atoms with E-state index in [0.29, 0.717) is 39.9 Å². The van der Waals surface area contributed by atoms with Crippen LogP contribution in [0.25, 0.3) is 10.6 Å². The summed E-state index contributed by atoms with van der Waals surface area (Å²) in [6.07, 6.45) is 0.691. The van der Waals surface area contributed by atoms with Crippen LogP contribution < -0.4 is 4.74 Å². The maximum atomic E-state index is 13.9. The number of aliphatic hydroxyl groups excluding tert-OH is 1. The van der Waals surface area contributed by atoms with Crippen molar-refractivity contribution in [3.63, 3.8) is 0 Å². The Morgan fingerprint density at radius 2 is 1.83 bits per heavy atom. The Labute approximate surface area is 209 Å². The number of thiazole rings is 1.